The Morgan fingerprint density at radius 2 is 2.20 bits per heavy atom. The molecule has 0 saturated carbocycles. The third-order valence-electron chi connectivity index (χ3n) is 3.26. The van der Waals surface area contributed by atoms with Gasteiger partial charge in [0.15, 0.2) is 0 Å². The van der Waals surface area contributed by atoms with E-state index in [1.54, 1.807) is 13.2 Å². The number of hydrogen-bond donors (Lipinski definition) is 3. The summed E-state index contributed by atoms with van der Waals surface area (Å²) in [7, 11) is 1.59. The zero-order valence-corrected chi connectivity index (χ0v) is 12.9. The quantitative estimate of drug-likeness (QED) is 0.237. The van der Waals surface area contributed by atoms with Crippen LogP contribution in [-0.2, 0) is 0 Å². The van der Waals surface area contributed by atoms with Crippen molar-refractivity contribution < 1.29 is 9.94 Å². The fraction of sp³-hybridized carbons (Fsp3) is 0.500. The minimum atomic E-state index is -0.311. The first-order chi connectivity index (χ1) is 9.40. The lowest BCUT2D eigenvalue weighted by atomic mass is 9.86. The molecule has 0 aromatic heterocycles. The van der Waals surface area contributed by atoms with Crippen LogP contribution >= 0.6 is 11.6 Å². The van der Waals surface area contributed by atoms with E-state index < -0.39 is 0 Å². The maximum absolute atomic E-state index is 8.71. The highest BCUT2D eigenvalue weighted by molar-refractivity contribution is 6.32. The van der Waals surface area contributed by atoms with E-state index in [-0.39, 0.29) is 11.3 Å². The molecule has 0 aliphatic carbocycles. The molecule has 0 heterocycles. The van der Waals surface area contributed by atoms with E-state index in [4.69, 9.17) is 27.3 Å². The minimum Gasteiger partial charge on any atom is -0.495 e. The lowest BCUT2D eigenvalue weighted by Gasteiger charge is -2.22. The molecule has 1 rings (SSSR count). The van der Waals surface area contributed by atoms with Gasteiger partial charge in [0.1, 0.15) is 11.6 Å². The van der Waals surface area contributed by atoms with E-state index >= 15 is 0 Å². The fourth-order valence-corrected chi connectivity index (χ4v) is 1.99. The molecule has 0 spiro atoms. The Morgan fingerprint density at radius 1 is 1.50 bits per heavy atom. The van der Waals surface area contributed by atoms with Crippen molar-refractivity contribution in [3.05, 3.63) is 23.2 Å². The predicted octanol–water partition coefficient (Wildman–Crippen LogP) is 3.31. The van der Waals surface area contributed by atoms with Gasteiger partial charge in [-0.05, 0) is 25.0 Å². The number of amidine groups is 1. The Labute approximate surface area is 124 Å². The van der Waals surface area contributed by atoms with Gasteiger partial charge in [0.25, 0.3) is 0 Å². The smallest absolute Gasteiger partial charge is 0.144 e. The van der Waals surface area contributed by atoms with E-state index in [0.29, 0.717) is 10.8 Å². The van der Waals surface area contributed by atoms with E-state index in [2.05, 4.69) is 10.5 Å². The van der Waals surface area contributed by atoms with Crippen molar-refractivity contribution in [2.45, 2.75) is 26.7 Å². The minimum absolute atomic E-state index is 0.255. The van der Waals surface area contributed by atoms with Gasteiger partial charge >= 0.3 is 0 Å². The summed E-state index contributed by atoms with van der Waals surface area (Å²) in [5.41, 5.74) is 6.29. The van der Waals surface area contributed by atoms with Gasteiger partial charge in [-0.2, -0.15) is 0 Å². The molecule has 0 amide bonds. The van der Waals surface area contributed by atoms with Crippen molar-refractivity contribution in [3.63, 3.8) is 0 Å². The fourth-order valence-electron chi connectivity index (χ4n) is 1.80. The Balaban J connectivity index is 2.46. The second kappa shape index (κ2) is 7.24. The predicted molar refractivity (Wildman–Crippen MR) is 82.9 cm³/mol. The molecule has 0 aliphatic rings. The Hall–Kier alpha value is -1.62. The third kappa shape index (κ3) is 4.49. The summed E-state index contributed by atoms with van der Waals surface area (Å²) < 4.78 is 5.16. The van der Waals surface area contributed by atoms with E-state index in [1.165, 1.54) is 0 Å². The van der Waals surface area contributed by atoms with Crippen LogP contribution < -0.4 is 15.8 Å². The van der Waals surface area contributed by atoms with Crippen LogP contribution in [-0.4, -0.2) is 24.7 Å². The average molecular weight is 300 g/mol. The molecule has 0 aliphatic heterocycles. The van der Waals surface area contributed by atoms with Gasteiger partial charge in [-0.1, -0.05) is 30.6 Å². The molecule has 6 heteroatoms. The van der Waals surface area contributed by atoms with Gasteiger partial charge in [0, 0.05) is 23.7 Å². The van der Waals surface area contributed by atoms with Crippen molar-refractivity contribution in [2.75, 3.05) is 19.0 Å². The molecule has 0 radical (unpaired) electrons. The Morgan fingerprint density at radius 3 is 2.80 bits per heavy atom. The molecule has 5 nitrogen and oxygen atoms in total. The molecule has 0 atom stereocenters. The SMILES string of the molecule is COc1cc(NCCCC(C)(C)/C(N)=N/O)ccc1Cl. The van der Waals surface area contributed by atoms with Gasteiger partial charge in [-0.15, -0.1) is 0 Å². The largest absolute Gasteiger partial charge is 0.495 e. The maximum Gasteiger partial charge on any atom is 0.144 e. The van der Waals surface area contributed by atoms with Gasteiger partial charge in [-0.25, -0.2) is 0 Å². The van der Waals surface area contributed by atoms with Crippen LogP contribution in [0.4, 0.5) is 5.69 Å². The molecular weight excluding hydrogens is 278 g/mol. The number of rotatable bonds is 7. The van der Waals surface area contributed by atoms with Crippen molar-refractivity contribution in [3.8, 4) is 5.75 Å². The highest BCUT2D eigenvalue weighted by Gasteiger charge is 2.22. The normalized spacial score (nSPS) is 12.3. The molecular formula is C14H22ClN3O2. The number of ether oxygens (including phenoxy) is 1. The second-order valence-electron chi connectivity index (χ2n) is 5.25. The van der Waals surface area contributed by atoms with Crippen LogP contribution in [0.3, 0.4) is 0 Å². The number of anilines is 1. The standard InChI is InChI=1S/C14H22ClN3O2/c1-14(2,13(16)18-19)7-4-8-17-10-5-6-11(15)12(9-10)20-3/h5-6,9,17,19H,4,7-8H2,1-3H3,(H2,16,18). The number of hydrogen-bond acceptors (Lipinski definition) is 4. The third-order valence-corrected chi connectivity index (χ3v) is 3.57. The number of nitrogens with one attached hydrogen (secondary N) is 1. The van der Waals surface area contributed by atoms with Gasteiger partial charge in [0.2, 0.25) is 0 Å². The number of halogens is 1. The number of benzene rings is 1. The first kappa shape index (κ1) is 16.4. The summed E-state index contributed by atoms with van der Waals surface area (Å²) in [6, 6.07) is 5.56. The van der Waals surface area contributed by atoms with Crippen molar-refractivity contribution in [1.29, 1.82) is 0 Å². The molecule has 1 aromatic carbocycles. The number of methoxy groups -OCH3 is 1. The molecule has 112 valence electrons. The molecule has 0 bridgehead atoms. The topological polar surface area (TPSA) is 79.9 Å². The van der Waals surface area contributed by atoms with E-state index in [9.17, 15) is 0 Å². The summed E-state index contributed by atoms with van der Waals surface area (Å²) in [5.74, 6) is 0.902. The second-order valence-corrected chi connectivity index (χ2v) is 5.66. The first-order valence-corrected chi connectivity index (χ1v) is 6.84. The van der Waals surface area contributed by atoms with Crippen molar-refractivity contribution in [1.82, 2.24) is 0 Å². The average Bonchev–Trinajstić information content (AvgIpc) is 2.44. The summed E-state index contributed by atoms with van der Waals surface area (Å²) >= 11 is 5.96. The lowest BCUT2D eigenvalue weighted by molar-refractivity contribution is 0.305. The van der Waals surface area contributed by atoms with E-state index in [1.807, 2.05) is 26.0 Å². The van der Waals surface area contributed by atoms with Crippen LogP contribution in [0.15, 0.2) is 23.4 Å². The van der Waals surface area contributed by atoms with Crippen LogP contribution in [0.5, 0.6) is 5.75 Å². The molecule has 4 N–H and O–H groups in total. The monoisotopic (exact) mass is 299 g/mol. The molecule has 0 unspecified atom stereocenters. The molecule has 0 saturated heterocycles. The summed E-state index contributed by atoms with van der Waals surface area (Å²) in [6.45, 7) is 4.69. The number of nitrogens with two attached hydrogens (primary N) is 1. The van der Waals surface area contributed by atoms with Crippen molar-refractivity contribution in [2.24, 2.45) is 16.3 Å². The highest BCUT2D eigenvalue weighted by Crippen LogP contribution is 2.27. The van der Waals surface area contributed by atoms with Crippen LogP contribution in [0.1, 0.15) is 26.7 Å². The molecule has 0 fully saturated rings. The number of nitrogens with zero attached hydrogens (tertiary/aromatic N) is 1. The summed E-state index contributed by atoms with van der Waals surface area (Å²) in [6.07, 6.45) is 1.72. The summed E-state index contributed by atoms with van der Waals surface area (Å²) in [4.78, 5) is 0. The van der Waals surface area contributed by atoms with E-state index in [0.717, 1.165) is 25.1 Å². The maximum atomic E-state index is 8.71. The zero-order chi connectivity index (χ0) is 15.2. The van der Waals surface area contributed by atoms with Crippen molar-refractivity contribution >= 4 is 23.1 Å². The lowest BCUT2D eigenvalue weighted by Crippen LogP contribution is -2.32. The van der Waals surface area contributed by atoms with Gasteiger partial charge in [-0.3, -0.25) is 0 Å². The van der Waals surface area contributed by atoms with Crippen LogP contribution in [0.2, 0.25) is 5.02 Å². The van der Waals surface area contributed by atoms with Gasteiger partial charge < -0.3 is 21.0 Å². The van der Waals surface area contributed by atoms with Gasteiger partial charge in [0.05, 0.1) is 12.1 Å². The summed E-state index contributed by atoms with van der Waals surface area (Å²) in [5, 5.41) is 15.7. The highest BCUT2D eigenvalue weighted by atomic mass is 35.5. The Bertz CT molecular complexity index is 475. The first-order valence-electron chi connectivity index (χ1n) is 6.46. The molecule has 1 aromatic rings. The molecule has 20 heavy (non-hydrogen) atoms. The van der Waals surface area contributed by atoms with Crippen LogP contribution in [0, 0.1) is 5.41 Å². The number of oxime groups is 1. The van der Waals surface area contributed by atoms with Crippen LogP contribution in [0.25, 0.3) is 0 Å². The zero-order valence-electron chi connectivity index (χ0n) is 12.1. The Kier molecular flexibility index (Phi) is 5.95.